The van der Waals surface area contributed by atoms with E-state index >= 15 is 13.2 Å². The number of halogens is 3. The first-order valence-electron chi connectivity index (χ1n) is 16.4. The van der Waals surface area contributed by atoms with Gasteiger partial charge in [-0.25, -0.2) is 27.7 Å². The van der Waals surface area contributed by atoms with Crippen LogP contribution in [0.1, 0.15) is 92.8 Å². The summed E-state index contributed by atoms with van der Waals surface area (Å²) < 4.78 is 58.4. The van der Waals surface area contributed by atoms with E-state index in [-0.39, 0.29) is 55.5 Å². The topological polar surface area (TPSA) is 149 Å². The minimum atomic E-state index is -3.53. The maximum atomic E-state index is 15.7. The number of esters is 1. The third kappa shape index (κ3) is 3.91. The molecule has 0 saturated heterocycles. The fourth-order valence-electron chi connectivity index (χ4n) is 8.63. The normalized spacial score (nSPS) is 28.3. The smallest absolute Gasteiger partial charge is 0.408 e. The Kier molecular flexibility index (Phi) is 6.24. The zero-order chi connectivity index (χ0) is 35.2. The van der Waals surface area contributed by atoms with Gasteiger partial charge in [-0.15, -0.1) is 0 Å². The molecule has 3 aromatic rings. The molecule has 9 rings (SSSR count). The number of hydrogen-bond donors (Lipinski definition) is 3. The second-order valence-electron chi connectivity index (χ2n) is 15.1. The first kappa shape index (κ1) is 31.8. The number of carbonyl (C=O) groups is 3. The molecule has 2 amide bonds. The number of carbonyl (C=O) groups excluding carboxylic acids is 3. The van der Waals surface area contributed by atoms with Crippen LogP contribution in [0.4, 0.5) is 18.0 Å². The van der Waals surface area contributed by atoms with Crippen molar-refractivity contribution in [3.63, 3.8) is 0 Å². The van der Waals surface area contributed by atoms with Crippen molar-refractivity contribution in [3.05, 3.63) is 61.7 Å². The van der Waals surface area contributed by atoms with E-state index < -0.39 is 63.5 Å². The van der Waals surface area contributed by atoms with E-state index in [1.54, 1.807) is 40.7 Å². The number of nitrogens with zero attached hydrogens (tertiary/aromatic N) is 2. The molecule has 3 N–H and O–H groups in total. The van der Waals surface area contributed by atoms with Gasteiger partial charge in [-0.1, -0.05) is 6.92 Å². The third-order valence-electron chi connectivity index (χ3n) is 11.3. The molecule has 0 radical (unpaired) electrons. The van der Waals surface area contributed by atoms with Gasteiger partial charge in [0.25, 0.3) is 11.5 Å². The predicted octanol–water partition coefficient (Wildman–Crippen LogP) is 4.32. The number of hydrogen-bond acceptors (Lipinski definition) is 8. The molecular weight excluding hydrogens is 645 g/mol. The van der Waals surface area contributed by atoms with Crippen LogP contribution in [0.5, 0.6) is 0 Å². The Bertz CT molecular complexity index is 2130. The first-order valence-corrected chi connectivity index (χ1v) is 16.4. The Hall–Kier alpha value is -4.46. The highest BCUT2D eigenvalue weighted by molar-refractivity contribution is 5.95. The van der Waals surface area contributed by atoms with E-state index in [1.165, 1.54) is 10.6 Å². The third-order valence-corrected chi connectivity index (χ3v) is 11.3. The van der Waals surface area contributed by atoms with Crippen molar-refractivity contribution in [2.24, 2.45) is 5.41 Å². The zero-order valence-corrected chi connectivity index (χ0v) is 27.6. The van der Waals surface area contributed by atoms with Crippen molar-refractivity contribution in [1.82, 2.24) is 20.2 Å². The second kappa shape index (κ2) is 9.61. The number of amides is 2. The van der Waals surface area contributed by atoms with E-state index in [0.29, 0.717) is 45.4 Å². The number of aromatic nitrogens is 2. The Morgan fingerprint density at radius 3 is 2.53 bits per heavy atom. The summed E-state index contributed by atoms with van der Waals surface area (Å²) in [5.41, 5.74) is -3.98. The molecule has 258 valence electrons. The van der Waals surface area contributed by atoms with Gasteiger partial charge < -0.3 is 29.8 Å². The summed E-state index contributed by atoms with van der Waals surface area (Å²) in [6.07, 6.45) is -0.931. The number of aliphatic hydroxyl groups is 1. The molecule has 4 aliphatic carbocycles. The average molecular weight is 681 g/mol. The number of rotatable bonds is 4. The minimum absolute atomic E-state index is 0.0139. The largest absolute Gasteiger partial charge is 0.458 e. The molecule has 49 heavy (non-hydrogen) atoms. The summed E-state index contributed by atoms with van der Waals surface area (Å²) in [4.78, 5) is 57.4. The predicted molar refractivity (Wildman–Crippen MR) is 167 cm³/mol. The van der Waals surface area contributed by atoms with Crippen molar-refractivity contribution < 1.29 is 42.1 Å². The van der Waals surface area contributed by atoms with Crippen molar-refractivity contribution >= 4 is 28.9 Å². The maximum absolute atomic E-state index is 15.7. The molecule has 2 atom stereocenters. The van der Waals surface area contributed by atoms with Gasteiger partial charge in [-0.2, -0.15) is 0 Å². The summed E-state index contributed by atoms with van der Waals surface area (Å²) in [6.45, 7) is 7.80. The van der Waals surface area contributed by atoms with Gasteiger partial charge in [-0.3, -0.25) is 9.59 Å². The van der Waals surface area contributed by atoms with E-state index in [2.05, 4.69) is 10.6 Å². The fourth-order valence-corrected chi connectivity index (χ4v) is 8.63. The zero-order valence-electron chi connectivity index (χ0n) is 27.6. The van der Waals surface area contributed by atoms with Crippen molar-refractivity contribution in [1.29, 1.82) is 0 Å². The summed E-state index contributed by atoms with van der Waals surface area (Å²) in [5.74, 6) is -5.74. The van der Waals surface area contributed by atoms with Gasteiger partial charge in [0.2, 0.25) is 5.91 Å². The van der Waals surface area contributed by atoms with Crippen LogP contribution < -0.4 is 16.2 Å². The van der Waals surface area contributed by atoms with Crippen LogP contribution in [0.3, 0.4) is 0 Å². The Labute approximate surface area is 278 Å². The van der Waals surface area contributed by atoms with Crippen LogP contribution in [0, 0.1) is 18.2 Å². The number of fused-ring (bicyclic) bond motifs is 5. The van der Waals surface area contributed by atoms with Gasteiger partial charge in [-0.05, 0) is 82.6 Å². The molecule has 3 saturated carbocycles. The lowest BCUT2D eigenvalue weighted by molar-refractivity contribution is -0.351. The molecule has 11 nitrogen and oxygen atoms in total. The molecule has 0 spiro atoms. The minimum Gasteiger partial charge on any atom is -0.458 e. The van der Waals surface area contributed by atoms with Gasteiger partial charge in [0.05, 0.1) is 35.1 Å². The maximum Gasteiger partial charge on any atom is 0.408 e. The van der Waals surface area contributed by atoms with Crippen molar-refractivity contribution in [3.8, 4) is 11.4 Å². The molecule has 3 fully saturated rings. The van der Waals surface area contributed by atoms with E-state index in [0.717, 1.165) is 0 Å². The second-order valence-corrected chi connectivity index (χ2v) is 15.1. The quantitative estimate of drug-likeness (QED) is 0.270. The number of ether oxygens (including phenoxy) is 2. The van der Waals surface area contributed by atoms with Gasteiger partial charge in [0, 0.05) is 22.6 Å². The number of pyridine rings is 2. The molecular formula is C35H35F3N4O7. The van der Waals surface area contributed by atoms with Crippen molar-refractivity contribution in [2.75, 3.05) is 0 Å². The lowest BCUT2D eigenvalue weighted by Crippen LogP contribution is -2.92. The highest BCUT2D eigenvalue weighted by atomic mass is 19.3. The molecule has 2 aliphatic heterocycles. The Morgan fingerprint density at radius 1 is 1.16 bits per heavy atom. The standard InChI is InChI=1S/C35H35F3N4O7/c1-6-34(47)19-9-23-26-17(11-42(23)27(43)18(19)12-48-29(34)45)25-21(8-7-16-15(2)20(36)10-22(39-26)24(16)25)40-28(44)32-13-33(14-32,35(32,37)38)41-30(46)49-31(3,4)5/h9-10,21,47H,6-8,11-14H2,1-5H3,(H,40,44)(H,41,46)/t21-,32?,33?,34-/m0/s1. The molecule has 0 unspecified atom stereocenters. The SMILES string of the molecule is CC[C@@]1(O)C(=O)OCc2c1cc1n(c2=O)Cc2c-1nc1cc(F)c(C)c3c1c2[C@@H](NC(=O)C12CC(NC(=O)OC(C)(C)C)(C1)C2(F)F)CC3. The van der Waals surface area contributed by atoms with Crippen LogP contribution in [-0.4, -0.2) is 49.7 Å². The number of aryl methyl sites for hydroxylation is 1. The summed E-state index contributed by atoms with van der Waals surface area (Å²) in [6, 6.07) is 2.04. The van der Waals surface area contributed by atoms with Gasteiger partial charge >= 0.3 is 12.1 Å². The van der Waals surface area contributed by atoms with Gasteiger partial charge in [0.1, 0.15) is 29.0 Å². The van der Waals surface area contributed by atoms with E-state index in [9.17, 15) is 24.3 Å². The van der Waals surface area contributed by atoms with Gasteiger partial charge in [0.15, 0.2) is 5.60 Å². The molecule has 1 aromatic carbocycles. The lowest BCUT2D eigenvalue weighted by Gasteiger charge is -2.73. The number of alkyl carbamates (subject to hydrolysis) is 1. The van der Waals surface area contributed by atoms with E-state index in [4.69, 9.17) is 14.5 Å². The molecule has 6 aliphatic rings. The summed E-state index contributed by atoms with van der Waals surface area (Å²) in [7, 11) is 0. The number of cyclic esters (lactones) is 1. The number of benzene rings is 1. The summed E-state index contributed by atoms with van der Waals surface area (Å²) >= 11 is 0. The van der Waals surface area contributed by atoms with Crippen LogP contribution >= 0.6 is 0 Å². The highest BCUT2D eigenvalue weighted by Crippen LogP contribution is 2.76. The van der Waals surface area contributed by atoms with Crippen LogP contribution in [0.15, 0.2) is 16.9 Å². The van der Waals surface area contributed by atoms with Crippen LogP contribution in [-0.2, 0) is 44.2 Å². The van der Waals surface area contributed by atoms with E-state index in [1.807, 2.05) is 0 Å². The Balaban J connectivity index is 1.19. The van der Waals surface area contributed by atoms with Crippen LogP contribution in [0.25, 0.3) is 22.3 Å². The Morgan fingerprint density at radius 2 is 1.88 bits per heavy atom. The fraction of sp³-hybridized carbons (Fsp3) is 0.514. The molecule has 14 heteroatoms. The number of alkyl halides is 2. The monoisotopic (exact) mass is 680 g/mol. The molecule has 2 bridgehead atoms. The molecule has 4 heterocycles. The van der Waals surface area contributed by atoms with Crippen molar-refractivity contribution in [2.45, 2.75) is 109 Å². The average Bonchev–Trinajstić information content (AvgIpc) is 3.38. The van der Waals surface area contributed by atoms with Crippen LogP contribution in [0.2, 0.25) is 0 Å². The number of nitrogens with one attached hydrogen (secondary N) is 2. The first-order chi connectivity index (χ1) is 22.9. The highest BCUT2D eigenvalue weighted by Gasteiger charge is 2.92. The lowest BCUT2D eigenvalue weighted by atomic mass is 9.36. The summed E-state index contributed by atoms with van der Waals surface area (Å²) in [5, 5.41) is 17.0. The molecule has 2 aromatic heterocycles.